The number of benzene rings is 1. The Bertz CT molecular complexity index is 402. The predicted octanol–water partition coefficient (Wildman–Crippen LogP) is 2.17. The molecule has 0 radical (unpaired) electrons. The van der Waals surface area contributed by atoms with Crippen molar-refractivity contribution in [2.45, 2.75) is 19.4 Å². The number of halogens is 3. The molecule has 18 heavy (non-hydrogen) atoms. The van der Waals surface area contributed by atoms with Gasteiger partial charge in [0.25, 0.3) is 0 Å². The Morgan fingerprint density at radius 2 is 2.06 bits per heavy atom. The standard InChI is InChI=1S/C12H16F2N2O.ClH/c1-8(16-12(17)5-6-15-2)10-4-3-9(13)7-11(10)14;/h3-4,7-8,15H,5-6H2,1-2H3,(H,16,17);1H. The highest BCUT2D eigenvalue weighted by molar-refractivity contribution is 5.85. The molecule has 0 saturated heterocycles. The first-order valence-corrected chi connectivity index (χ1v) is 5.43. The van der Waals surface area contributed by atoms with E-state index < -0.39 is 17.7 Å². The fourth-order valence-electron chi connectivity index (χ4n) is 1.48. The maximum atomic E-state index is 13.4. The summed E-state index contributed by atoms with van der Waals surface area (Å²) in [5.74, 6) is -1.44. The average molecular weight is 279 g/mol. The van der Waals surface area contributed by atoms with E-state index in [9.17, 15) is 13.6 Å². The normalized spacial score (nSPS) is 11.6. The van der Waals surface area contributed by atoms with Gasteiger partial charge in [-0.15, -0.1) is 12.4 Å². The summed E-state index contributed by atoms with van der Waals surface area (Å²) in [7, 11) is 1.75. The lowest BCUT2D eigenvalue weighted by Gasteiger charge is -2.15. The number of hydrogen-bond acceptors (Lipinski definition) is 2. The van der Waals surface area contributed by atoms with Crippen molar-refractivity contribution in [3.63, 3.8) is 0 Å². The van der Waals surface area contributed by atoms with E-state index in [2.05, 4.69) is 10.6 Å². The molecule has 0 aromatic heterocycles. The third-order valence-corrected chi connectivity index (χ3v) is 2.41. The summed E-state index contributed by atoms with van der Waals surface area (Å²) in [6.07, 6.45) is 0.323. The summed E-state index contributed by atoms with van der Waals surface area (Å²) in [6.45, 7) is 2.22. The summed E-state index contributed by atoms with van der Waals surface area (Å²) >= 11 is 0. The van der Waals surface area contributed by atoms with Crippen molar-refractivity contribution in [2.75, 3.05) is 13.6 Å². The molecule has 102 valence electrons. The molecule has 1 unspecified atom stereocenters. The van der Waals surface area contributed by atoms with E-state index in [1.165, 1.54) is 12.1 Å². The lowest BCUT2D eigenvalue weighted by molar-refractivity contribution is -0.121. The molecule has 0 aliphatic rings. The van der Waals surface area contributed by atoms with E-state index in [0.29, 0.717) is 13.0 Å². The summed E-state index contributed by atoms with van der Waals surface area (Å²) in [6, 6.07) is 2.86. The van der Waals surface area contributed by atoms with Crippen LogP contribution in [0.5, 0.6) is 0 Å². The van der Waals surface area contributed by atoms with Crippen LogP contribution in [0.1, 0.15) is 24.9 Å². The molecule has 0 heterocycles. The van der Waals surface area contributed by atoms with E-state index in [0.717, 1.165) is 6.07 Å². The third-order valence-electron chi connectivity index (χ3n) is 2.41. The van der Waals surface area contributed by atoms with Gasteiger partial charge in [-0.2, -0.15) is 0 Å². The van der Waals surface area contributed by atoms with Gasteiger partial charge in [-0.25, -0.2) is 8.78 Å². The number of amides is 1. The lowest BCUT2D eigenvalue weighted by atomic mass is 10.1. The molecular formula is C12H17ClF2N2O. The molecule has 0 aliphatic heterocycles. The molecule has 1 rings (SSSR count). The molecule has 1 atom stereocenters. The summed E-state index contributed by atoms with van der Waals surface area (Å²) in [5.41, 5.74) is 0.282. The largest absolute Gasteiger partial charge is 0.349 e. The second kappa shape index (κ2) is 8.00. The second-order valence-corrected chi connectivity index (χ2v) is 3.81. The Morgan fingerprint density at radius 1 is 1.39 bits per heavy atom. The van der Waals surface area contributed by atoms with Crippen LogP contribution < -0.4 is 10.6 Å². The van der Waals surface area contributed by atoms with Gasteiger partial charge in [-0.05, 0) is 20.0 Å². The molecule has 0 bridgehead atoms. The zero-order chi connectivity index (χ0) is 12.8. The monoisotopic (exact) mass is 278 g/mol. The molecule has 2 N–H and O–H groups in total. The van der Waals surface area contributed by atoms with E-state index in [4.69, 9.17) is 0 Å². The zero-order valence-corrected chi connectivity index (χ0v) is 11.1. The highest BCUT2D eigenvalue weighted by Gasteiger charge is 2.13. The van der Waals surface area contributed by atoms with Crippen molar-refractivity contribution in [1.29, 1.82) is 0 Å². The molecule has 1 aromatic rings. The first-order chi connectivity index (χ1) is 8.04. The predicted molar refractivity (Wildman–Crippen MR) is 68.7 cm³/mol. The first-order valence-electron chi connectivity index (χ1n) is 5.43. The van der Waals surface area contributed by atoms with Gasteiger partial charge < -0.3 is 10.6 Å². The maximum absolute atomic E-state index is 13.4. The number of carbonyl (C=O) groups is 1. The van der Waals surface area contributed by atoms with Gasteiger partial charge in [-0.3, -0.25) is 4.79 Å². The lowest BCUT2D eigenvalue weighted by Crippen LogP contribution is -2.29. The van der Waals surface area contributed by atoms with E-state index in [-0.39, 0.29) is 23.9 Å². The van der Waals surface area contributed by atoms with E-state index in [1.807, 2.05) is 0 Å². The highest BCUT2D eigenvalue weighted by Crippen LogP contribution is 2.17. The highest BCUT2D eigenvalue weighted by atomic mass is 35.5. The van der Waals surface area contributed by atoms with Crippen molar-refractivity contribution in [1.82, 2.24) is 10.6 Å². The van der Waals surface area contributed by atoms with E-state index >= 15 is 0 Å². The van der Waals surface area contributed by atoms with Crippen molar-refractivity contribution >= 4 is 18.3 Å². The molecule has 0 spiro atoms. The number of nitrogens with one attached hydrogen (secondary N) is 2. The van der Waals surface area contributed by atoms with Crippen molar-refractivity contribution in [2.24, 2.45) is 0 Å². The van der Waals surface area contributed by atoms with Crippen LogP contribution in [0.25, 0.3) is 0 Å². The van der Waals surface area contributed by atoms with Crippen LogP contribution in [0.3, 0.4) is 0 Å². The number of carbonyl (C=O) groups excluding carboxylic acids is 1. The summed E-state index contributed by atoms with van der Waals surface area (Å²) < 4.78 is 26.1. The van der Waals surface area contributed by atoms with Gasteiger partial charge >= 0.3 is 0 Å². The quantitative estimate of drug-likeness (QED) is 0.867. The molecule has 6 heteroatoms. The third kappa shape index (κ3) is 4.98. The molecule has 0 saturated carbocycles. The Hall–Kier alpha value is -1.20. The van der Waals surface area contributed by atoms with Crippen molar-refractivity contribution in [3.05, 3.63) is 35.4 Å². The molecular weight excluding hydrogens is 262 g/mol. The fourth-order valence-corrected chi connectivity index (χ4v) is 1.48. The minimum absolute atomic E-state index is 0. The van der Waals surface area contributed by atoms with Crippen LogP contribution in [-0.2, 0) is 4.79 Å². The fraction of sp³-hybridized carbons (Fsp3) is 0.417. The van der Waals surface area contributed by atoms with Crippen molar-refractivity contribution in [3.8, 4) is 0 Å². The maximum Gasteiger partial charge on any atom is 0.221 e. The second-order valence-electron chi connectivity index (χ2n) is 3.81. The summed E-state index contributed by atoms with van der Waals surface area (Å²) in [4.78, 5) is 11.4. The Kier molecular flexibility index (Phi) is 7.47. The van der Waals surface area contributed by atoms with E-state index in [1.54, 1.807) is 14.0 Å². The molecule has 0 aliphatic carbocycles. The Labute approximate surface area is 111 Å². The van der Waals surface area contributed by atoms with Gasteiger partial charge in [0.15, 0.2) is 0 Å². The molecule has 3 nitrogen and oxygen atoms in total. The minimum Gasteiger partial charge on any atom is -0.349 e. The minimum atomic E-state index is -0.647. The zero-order valence-electron chi connectivity index (χ0n) is 10.3. The Morgan fingerprint density at radius 3 is 2.61 bits per heavy atom. The average Bonchev–Trinajstić information content (AvgIpc) is 2.26. The molecule has 1 aromatic carbocycles. The first kappa shape index (κ1) is 16.8. The molecule has 1 amide bonds. The number of rotatable bonds is 5. The van der Waals surface area contributed by atoms with Crippen LogP contribution in [0.2, 0.25) is 0 Å². The Balaban J connectivity index is 0.00000289. The van der Waals surface area contributed by atoms with Crippen LogP contribution in [-0.4, -0.2) is 19.5 Å². The van der Waals surface area contributed by atoms with Crippen LogP contribution in [0, 0.1) is 11.6 Å². The van der Waals surface area contributed by atoms with Crippen molar-refractivity contribution < 1.29 is 13.6 Å². The SMILES string of the molecule is CNCCC(=O)NC(C)c1ccc(F)cc1F.Cl. The van der Waals surface area contributed by atoms with Crippen LogP contribution in [0.4, 0.5) is 8.78 Å². The number of hydrogen-bond donors (Lipinski definition) is 2. The van der Waals surface area contributed by atoms with Gasteiger partial charge in [0.1, 0.15) is 11.6 Å². The van der Waals surface area contributed by atoms with Gasteiger partial charge in [0, 0.05) is 24.6 Å². The molecule has 0 fully saturated rings. The van der Waals surface area contributed by atoms with Crippen LogP contribution in [0.15, 0.2) is 18.2 Å². The smallest absolute Gasteiger partial charge is 0.221 e. The van der Waals surface area contributed by atoms with Gasteiger partial charge in [0.05, 0.1) is 6.04 Å². The summed E-state index contributed by atoms with van der Waals surface area (Å²) in [5, 5.41) is 5.50. The topological polar surface area (TPSA) is 41.1 Å². The van der Waals surface area contributed by atoms with Gasteiger partial charge in [-0.1, -0.05) is 6.07 Å². The van der Waals surface area contributed by atoms with Gasteiger partial charge in [0.2, 0.25) is 5.91 Å². The van der Waals surface area contributed by atoms with Crippen LogP contribution >= 0.6 is 12.4 Å².